The van der Waals surface area contributed by atoms with Crippen molar-refractivity contribution < 1.29 is 0 Å². The van der Waals surface area contributed by atoms with Gasteiger partial charge in [0, 0.05) is 0 Å². The van der Waals surface area contributed by atoms with Gasteiger partial charge in [-0.3, -0.25) is 0 Å². The molecule has 0 fully saturated rings. The molecule has 0 heterocycles. The van der Waals surface area contributed by atoms with Gasteiger partial charge in [-0.2, -0.15) is 0 Å². The van der Waals surface area contributed by atoms with Crippen LogP contribution in [-0.2, 0) is 0 Å². The van der Waals surface area contributed by atoms with Crippen LogP contribution < -0.4 is 0 Å². The van der Waals surface area contributed by atoms with Crippen LogP contribution in [0.3, 0.4) is 0 Å². The zero-order chi connectivity index (χ0) is 5.11. The predicted molar refractivity (Wildman–Crippen MR) is 32.2 cm³/mol. The molecule has 0 unspecified atom stereocenters. The zero-order valence-electron chi connectivity index (χ0n) is 4.65. The van der Waals surface area contributed by atoms with Crippen LogP contribution >= 0.6 is 0 Å². The van der Waals surface area contributed by atoms with Gasteiger partial charge in [0.1, 0.15) is 0 Å². The minimum atomic E-state index is 1.24. The monoisotopic (exact) mass is 86.1 g/mol. The minimum absolute atomic E-state index is 1.24. The third kappa shape index (κ3) is 1.55. The molecular formula is C6H7Li. The Bertz CT molecular complexity index is 111. The van der Waals surface area contributed by atoms with Gasteiger partial charge in [-0.1, -0.05) is 0 Å². The van der Waals surface area contributed by atoms with E-state index in [-0.39, 0.29) is 0 Å². The Morgan fingerprint density at radius 1 is 1.57 bits per heavy atom. The van der Waals surface area contributed by atoms with E-state index in [0.29, 0.717) is 0 Å². The molecule has 1 rings (SSSR count). The molecule has 0 bridgehead atoms. The van der Waals surface area contributed by atoms with Crippen molar-refractivity contribution in [3.05, 3.63) is 22.5 Å². The van der Waals surface area contributed by atoms with E-state index in [9.17, 15) is 0 Å². The maximum atomic E-state index is 2.20. The molecule has 0 aromatic rings. The third-order valence-electron chi connectivity index (χ3n) is 1.22. The second kappa shape index (κ2) is 2.40. The molecule has 0 saturated carbocycles. The van der Waals surface area contributed by atoms with Gasteiger partial charge in [0.15, 0.2) is 0 Å². The van der Waals surface area contributed by atoms with E-state index in [2.05, 4.69) is 35.9 Å². The molecule has 0 aromatic carbocycles. The Morgan fingerprint density at radius 3 is 2.71 bits per heavy atom. The van der Waals surface area contributed by atoms with Crippen molar-refractivity contribution in [3.63, 3.8) is 0 Å². The second-order valence-electron chi connectivity index (χ2n) is 1.98. The zero-order valence-corrected chi connectivity index (χ0v) is 4.65. The fraction of sp³-hybridized carbons (Fsp3) is 0.333. The van der Waals surface area contributed by atoms with Gasteiger partial charge in [0.25, 0.3) is 0 Å². The van der Waals surface area contributed by atoms with Crippen molar-refractivity contribution in [1.82, 2.24) is 0 Å². The Hall–Kier alpha value is 0.0774. The van der Waals surface area contributed by atoms with Crippen LogP contribution in [0.5, 0.6) is 0 Å². The molecule has 7 heavy (non-hydrogen) atoms. The van der Waals surface area contributed by atoms with Crippen LogP contribution in [0.2, 0.25) is 0 Å². The summed E-state index contributed by atoms with van der Waals surface area (Å²) in [6, 6.07) is 0. The van der Waals surface area contributed by atoms with E-state index >= 15 is 0 Å². The first-order chi connectivity index (χ1) is 3.39. The van der Waals surface area contributed by atoms with Crippen LogP contribution in [-0.4, -0.2) is 17.7 Å². The summed E-state index contributed by atoms with van der Waals surface area (Å²) in [5, 5.41) is 0. The first-order valence-corrected chi connectivity index (χ1v) is 2.72. The number of allylic oxidation sites excluding steroid dienone is 4. The van der Waals surface area contributed by atoms with Gasteiger partial charge in [0.2, 0.25) is 0 Å². The fourth-order valence-electron chi connectivity index (χ4n) is 0.723. The summed E-state index contributed by atoms with van der Waals surface area (Å²) in [5.74, 6) is 0. The maximum absolute atomic E-state index is 2.20. The van der Waals surface area contributed by atoms with Crippen molar-refractivity contribution in [2.24, 2.45) is 0 Å². The first-order valence-electron chi connectivity index (χ1n) is 2.72. The molecule has 0 aliphatic heterocycles. The Labute approximate surface area is 53.5 Å². The van der Waals surface area contributed by atoms with Gasteiger partial charge in [0.05, 0.1) is 0 Å². The molecule has 0 radical (unpaired) electrons. The molecule has 1 aliphatic carbocycles. The molecule has 32 valence electrons. The van der Waals surface area contributed by atoms with Gasteiger partial charge < -0.3 is 0 Å². The van der Waals surface area contributed by atoms with Gasteiger partial charge in [-0.15, -0.1) is 0 Å². The molecule has 0 amide bonds. The summed E-state index contributed by atoms with van der Waals surface area (Å²) in [4.78, 5) is 0. The normalized spacial score (nSPS) is 19.4. The van der Waals surface area contributed by atoms with Crippen molar-refractivity contribution in [2.45, 2.75) is 12.8 Å². The van der Waals surface area contributed by atoms with E-state index < -0.39 is 0 Å². The topological polar surface area (TPSA) is 0 Å². The predicted octanol–water partition coefficient (Wildman–Crippen LogP) is 1.39. The quantitative estimate of drug-likeness (QED) is 0.391. The molecule has 0 spiro atoms. The summed E-state index contributed by atoms with van der Waals surface area (Å²) in [6.07, 6.45) is 8.99. The molecule has 1 heteroatoms. The SMILES string of the molecule is [Li][C]1=CC=CCC1. The Kier molecular flexibility index (Phi) is 1.79. The summed E-state index contributed by atoms with van der Waals surface area (Å²) < 4.78 is 1.50. The molecule has 0 nitrogen and oxygen atoms in total. The van der Waals surface area contributed by atoms with Crippen LogP contribution in [0.1, 0.15) is 12.8 Å². The Morgan fingerprint density at radius 2 is 2.43 bits per heavy atom. The first kappa shape index (κ1) is 5.22. The Balaban J connectivity index is 2.57. The summed E-state index contributed by atoms with van der Waals surface area (Å²) in [6.45, 7) is 0. The van der Waals surface area contributed by atoms with E-state index in [4.69, 9.17) is 0 Å². The molecule has 0 aromatic heterocycles. The van der Waals surface area contributed by atoms with Crippen LogP contribution in [0.4, 0.5) is 0 Å². The van der Waals surface area contributed by atoms with E-state index in [1.165, 1.54) is 17.1 Å². The molecule has 0 saturated heterocycles. The van der Waals surface area contributed by atoms with Gasteiger partial charge >= 0.3 is 53.0 Å². The van der Waals surface area contributed by atoms with E-state index in [1.807, 2.05) is 0 Å². The summed E-state index contributed by atoms with van der Waals surface area (Å²) in [5.41, 5.74) is 0. The number of hydrogen-bond acceptors (Lipinski definition) is 0. The summed E-state index contributed by atoms with van der Waals surface area (Å²) in [7, 11) is 0. The van der Waals surface area contributed by atoms with Crippen molar-refractivity contribution >= 4 is 17.7 Å². The van der Waals surface area contributed by atoms with E-state index in [0.717, 1.165) is 0 Å². The van der Waals surface area contributed by atoms with Crippen LogP contribution in [0.15, 0.2) is 22.5 Å². The average Bonchev–Trinajstić information content (AvgIpc) is 1.69. The molecule has 0 atom stereocenters. The second-order valence-corrected chi connectivity index (χ2v) is 1.98. The van der Waals surface area contributed by atoms with Crippen LogP contribution in [0, 0.1) is 0 Å². The third-order valence-corrected chi connectivity index (χ3v) is 1.22. The van der Waals surface area contributed by atoms with Crippen molar-refractivity contribution in [3.8, 4) is 0 Å². The van der Waals surface area contributed by atoms with Crippen LogP contribution in [0.25, 0.3) is 0 Å². The summed E-state index contributed by atoms with van der Waals surface area (Å²) >= 11 is 2.17. The van der Waals surface area contributed by atoms with Gasteiger partial charge in [-0.25, -0.2) is 0 Å². The van der Waals surface area contributed by atoms with Crippen molar-refractivity contribution in [1.29, 1.82) is 0 Å². The average molecular weight is 86.1 g/mol. The number of hydrogen-bond donors (Lipinski definition) is 0. The molecule has 0 N–H and O–H groups in total. The van der Waals surface area contributed by atoms with Gasteiger partial charge in [-0.05, 0) is 0 Å². The van der Waals surface area contributed by atoms with Crippen molar-refractivity contribution in [2.75, 3.05) is 0 Å². The number of rotatable bonds is 0. The van der Waals surface area contributed by atoms with E-state index in [1.54, 1.807) is 0 Å². The standard InChI is InChI=1S/C6H7.Li/c1-2-4-6-5-3-1;/h1-3H,4,6H2;. The molecule has 1 aliphatic rings. The molecular weight excluding hydrogens is 79.0 g/mol. The fourth-order valence-corrected chi connectivity index (χ4v) is 0.723.